The third-order valence-electron chi connectivity index (χ3n) is 2.78. The predicted molar refractivity (Wildman–Crippen MR) is 70.4 cm³/mol. The van der Waals surface area contributed by atoms with Gasteiger partial charge in [0, 0.05) is 25.4 Å². The van der Waals surface area contributed by atoms with Crippen molar-refractivity contribution in [2.24, 2.45) is 0 Å². The molecule has 4 heteroatoms. The molecule has 0 radical (unpaired) electrons. The molecule has 0 aliphatic rings. The molecule has 18 heavy (non-hydrogen) atoms. The van der Waals surface area contributed by atoms with Crippen LogP contribution in [-0.2, 0) is 12.8 Å². The smallest absolute Gasteiger partial charge is 0.196 e. The van der Waals surface area contributed by atoms with Crippen LogP contribution in [0, 0.1) is 0 Å². The van der Waals surface area contributed by atoms with Crippen molar-refractivity contribution in [2.75, 3.05) is 6.54 Å². The van der Waals surface area contributed by atoms with Crippen molar-refractivity contribution in [1.82, 2.24) is 10.3 Å². The van der Waals surface area contributed by atoms with E-state index in [4.69, 9.17) is 8.83 Å². The topological polar surface area (TPSA) is 51.2 Å². The molecule has 2 aromatic rings. The third-order valence-corrected chi connectivity index (χ3v) is 2.78. The number of hydrogen-bond acceptors (Lipinski definition) is 4. The van der Waals surface area contributed by atoms with E-state index in [1.807, 2.05) is 6.07 Å². The van der Waals surface area contributed by atoms with Crippen LogP contribution in [0.2, 0.25) is 0 Å². The molecule has 0 aliphatic carbocycles. The minimum absolute atomic E-state index is 0.486. The first-order chi connectivity index (χ1) is 8.70. The maximum Gasteiger partial charge on any atom is 0.196 e. The quantitative estimate of drug-likeness (QED) is 0.853. The van der Waals surface area contributed by atoms with Gasteiger partial charge < -0.3 is 14.2 Å². The van der Waals surface area contributed by atoms with Gasteiger partial charge in [0.2, 0.25) is 0 Å². The molecule has 0 atom stereocenters. The maximum absolute atomic E-state index is 5.74. The standard InChI is InChI=1S/C14H20N2O2/c1-4-12-11(6-8-17-12)13-9-16-14(18-13)5-7-15-10(2)3/h6,8-10,15H,4-5,7H2,1-3H3. The van der Waals surface area contributed by atoms with Gasteiger partial charge in [0.15, 0.2) is 11.7 Å². The molecule has 0 aliphatic heterocycles. The van der Waals surface area contributed by atoms with Gasteiger partial charge in [-0.15, -0.1) is 0 Å². The SMILES string of the molecule is CCc1occc1-c1cnc(CCNC(C)C)o1. The number of furan rings is 1. The first-order valence-corrected chi connectivity index (χ1v) is 6.45. The van der Waals surface area contributed by atoms with E-state index in [1.54, 1.807) is 12.5 Å². The van der Waals surface area contributed by atoms with E-state index < -0.39 is 0 Å². The summed E-state index contributed by atoms with van der Waals surface area (Å²) in [6.07, 6.45) is 5.12. The Bertz CT molecular complexity index is 485. The number of aryl methyl sites for hydroxylation is 1. The van der Waals surface area contributed by atoms with Crippen molar-refractivity contribution < 1.29 is 8.83 Å². The van der Waals surface area contributed by atoms with Gasteiger partial charge in [-0.05, 0) is 6.07 Å². The molecule has 0 aromatic carbocycles. The van der Waals surface area contributed by atoms with E-state index >= 15 is 0 Å². The summed E-state index contributed by atoms with van der Waals surface area (Å²) in [7, 11) is 0. The van der Waals surface area contributed by atoms with Crippen LogP contribution in [0.25, 0.3) is 11.3 Å². The van der Waals surface area contributed by atoms with Crippen LogP contribution in [-0.4, -0.2) is 17.6 Å². The van der Waals surface area contributed by atoms with E-state index in [1.165, 1.54) is 0 Å². The van der Waals surface area contributed by atoms with E-state index in [0.717, 1.165) is 42.4 Å². The Morgan fingerprint density at radius 3 is 2.94 bits per heavy atom. The van der Waals surface area contributed by atoms with Gasteiger partial charge in [0.1, 0.15) is 5.76 Å². The van der Waals surface area contributed by atoms with Crippen LogP contribution in [0.5, 0.6) is 0 Å². The Morgan fingerprint density at radius 2 is 2.22 bits per heavy atom. The Hall–Kier alpha value is -1.55. The lowest BCUT2D eigenvalue weighted by molar-refractivity contribution is 0.481. The molecule has 0 fully saturated rings. The molecule has 4 nitrogen and oxygen atoms in total. The van der Waals surface area contributed by atoms with Gasteiger partial charge in [-0.1, -0.05) is 20.8 Å². The lowest BCUT2D eigenvalue weighted by Gasteiger charge is -2.05. The summed E-state index contributed by atoms with van der Waals surface area (Å²) in [6.45, 7) is 7.19. The van der Waals surface area contributed by atoms with Crippen molar-refractivity contribution in [3.8, 4) is 11.3 Å². The molecule has 98 valence electrons. The third kappa shape index (κ3) is 3.01. The first-order valence-electron chi connectivity index (χ1n) is 6.45. The van der Waals surface area contributed by atoms with Crippen LogP contribution in [0.3, 0.4) is 0 Å². The monoisotopic (exact) mass is 248 g/mol. The normalized spacial score (nSPS) is 11.3. The van der Waals surface area contributed by atoms with E-state index in [9.17, 15) is 0 Å². The Morgan fingerprint density at radius 1 is 1.39 bits per heavy atom. The molecule has 2 rings (SSSR count). The Balaban J connectivity index is 2.02. The number of nitrogens with one attached hydrogen (secondary N) is 1. The van der Waals surface area contributed by atoms with Crippen molar-refractivity contribution in [3.05, 3.63) is 30.2 Å². The summed E-state index contributed by atoms with van der Waals surface area (Å²) in [5.74, 6) is 2.50. The fourth-order valence-electron chi connectivity index (χ4n) is 1.85. The van der Waals surface area contributed by atoms with Gasteiger partial charge in [-0.2, -0.15) is 0 Å². The largest absolute Gasteiger partial charge is 0.469 e. The van der Waals surface area contributed by atoms with E-state index in [0.29, 0.717) is 6.04 Å². The van der Waals surface area contributed by atoms with Crippen LogP contribution in [0.1, 0.15) is 32.4 Å². The molecule has 2 heterocycles. The average Bonchev–Trinajstić information content (AvgIpc) is 2.95. The van der Waals surface area contributed by atoms with Gasteiger partial charge in [0.05, 0.1) is 18.0 Å². The minimum Gasteiger partial charge on any atom is -0.469 e. The fourth-order valence-corrected chi connectivity index (χ4v) is 1.85. The maximum atomic E-state index is 5.74. The first kappa shape index (κ1) is 12.9. The minimum atomic E-state index is 0.486. The van der Waals surface area contributed by atoms with Crippen LogP contribution in [0.15, 0.2) is 27.4 Å². The van der Waals surface area contributed by atoms with Crippen molar-refractivity contribution in [3.63, 3.8) is 0 Å². The zero-order valence-electron chi connectivity index (χ0n) is 11.2. The second kappa shape index (κ2) is 5.87. The summed E-state index contributed by atoms with van der Waals surface area (Å²) >= 11 is 0. The van der Waals surface area contributed by atoms with Crippen LogP contribution in [0.4, 0.5) is 0 Å². The summed E-state index contributed by atoms with van der Waals surface area (Å²) in [5, 5.41) is 3.34. The lowest BCUT2D eigenvalue weighted by Crippen LogP contribution is -2.24. The molecule has 0 amide bonds. The molecule has 0 bridgehead atoms. The zero-order valence-corrected chi connectivity index (χ0v) is 11.2. The highest BCUT2D eigenvalue weighted by Crippen LogP contribution is 2.25. The summed E-state index contributed by atoms with van der Waals surface area (Å²) < 4.78 is 11.1. The molecule has 0 saturated heterocycles. The Labute approximate surface area is 107 Å². The zero-order chi connectivity index (χ0) is 13.0. The highest BCUT2D eigenvalue weighted by Gasteiger charge is 2.12. The highest BCUT2D eigenvalue weighted by molar-refractivity contribution is 5.58. The summed E-state index contributed by atoms with van der Waals surface area (Å²) in [6, 6.07) is 2.41. The highest BCUT2D eigenvalue weighted by atomic mass is 16.4. The summed E-state index contributed by atoms with van der Waals surface area (Å²) in [4.78, 5) is 4.30. The number of rotatable bonds is 6. The molecular formula is C14H20N2O2. The molecule has 0 spiro atoms. The molecular weight excluding hydrogens is 228 g/mol. The van der Waals surface area contributed by atoms with Gasteiger partial charge in [-0.25, -0.2) is 4.98 Å². The second-order valence-electron chi connectivity index (χ2n) is 4.59. The fraction of sp³-hybridized carbons (Fsp3) is 0.500. The number of hydrogen-bond donors (Lipinski definition) is 1. The van der Waals surface area contributed by atoms with Gasteiger partial charge in [-0.3, -0.25) is 0 Å². The average molecular weight is 248 g/mol. The van der Waals surface area contributed by atoms with Crippen LogP contribution < -0.4 is 5.32 Å². The van der Waals surface area contributed by atoms with Crippen molar-refractivity contribution in [2.45, 2.75) is 39.7 Å². The summed E-state index contributed by atoms with van der Waals surface area (Å²) in [5.41, 5.74) is 1.01. The molecule has 0 unspecified atom stereocenters. The second-order valence-corrected chi connectivity index (χ2v) is 4.59. The number of nitrogens with zero attached hydrogens (tertiary/aromatic N) is 1. The molecule has 2 aromatic heterocycles. The predicted octanol–water partition coefficient (Wildman–Crippen LogP) is 3.04. The van der Waals surface area contributed by atoms with Crippen LogP contribution >= 0.6 is 0 Å². The van der Waals surface area contributed by atoms with Gasteiger partial charge in [0.25, 0.3) is 0 Å². The van der Waals surface area contributed by atoms with E-state index in [2.05, 4.69) is 31.1 Å². The lowest BCUT2D eigenvalue weighted by atomic mass is 10.2. The number of oxazole rings is 1. The molecule has 1 N–H and O–H groups in total. The number of aromatic nitrogens is 1. The molecule has 0 saturated carbocycles. The van der Waals surface area contributed by atoms with Crippen molar-refractivity contribution in [1.29, 1.82) is 0 Å². The van der Waals surface area contributed by atoms with E-state index in [-0.39, 0.29) is 0 Å². The Kier molecular flexibility index (Phi) is 4.20. The van der Waals surface area contributed by atoms with Gasteiger partial charge >= 0.3 is 0 Å². The van der Waals surface area contributed by atoms with Crippen molar-refractivity contribution >= 4 is 0 Å².